The third-order valence-corrected chi connectivity index (χ3v) is 4.21. The van der Waals surface area contributed by atoms with Crippen LogP contribution in [-0.2, 0) is 6.61 Å². The molecule has 4 rings (SSSR count). The SMILES string of the molecule is Cc1cc(C(=O)Nc2nc3c(s2)COc2ccccc2-3)on1. The summed E-state index contributed by atoms with van der Waals surface area (Å²) in [6, 6.07) is 9.31. The quantitative estimate of drug-likeness (QED) is 0.786. The average molecular weight is 313 g/mol. The number of para-hydroxylation sites is 1. The zero-order valence-corrected chi connectivity index (χ0v) is 12.4. The van der Waals surface area contributed by atoms with Crippen molar-refractivity contribution >= 4 is 22.4 Å². The molecule has 22 heavy (non-hydrogen) atoms. The molecule has 1 aliphatic rings. The first-order valence-electron chi connectivity index (χ1n) is 6.67. The van der Waals surface area contributed by atoms with Crippen LogP contribution >= 0.6 is 11.3 Å². The number of aryl methyl sites for hydroxylation is 1. The number of ether oxygens (including phenoxy) is 1. The average Bonchev–Trinajstić information content (AvgIpc) is 3.13. The first kappa shape index (κ1) is 13.0. The molecule has 3 aromatic rings. The Morgan fingerprint density at radius 2 is 2.23 bits per heavy atom. The second-order valence-electron chi connectivity index (χ2n) is 4.86. The number of aromatic nitrogens is 2. The van der Waals surface area contributed by atoms with E-state index in [0.29, 0.717) is 17.4 Å². The van der Waals surface area contributed by atoms with Crippen molar-refractivity contribution in [1.29, 1.82) is 0 Å². The second-order valence-corrected chi connectivity index (χ2v) is 5.95. The molecule has 0 bridgehead atoms. The third kappa shape index (κ3) is 2.15. The van der Waals surface area contributed by atoms with Crippen molar-refractivity contribution in [2.75, 3.05) is 5.32 Å². The van der Waals surface area contributed by atoms with Crippen LogP contribution in [0.25, 0.3) is 11.3 Å². The van der Waals surface area contributed by atoms with Gasteiger partial charge in [0.2, 0.25) is 5.76 Å². The number of benzene rings is 1. The Morgan fingerprint density at radius 3 is 3.05 bits per heavy atom. The number of hydrogen-bond donors (Lipinski definition) is 1. The number of rotatable bonds is 2. The van der Waals surface area contributed by atoms with Gasteiger partial charge in [0.15, 0.2) is 5.13 Å². The van der Waals surface area contributed by atoms with Crippen LogP contribution in [0.5, 0.6) is 5.75 Å². The van der Waals surface area contributed by atoms with Crippen LogP contribution in [0.4, 0.5) is 5.13 Å². The Labute approximate surface area is 129 Å². The smallest absolute Gasteiger partial charge is 0.296 e. The van der Waals surface area contributed by atoms with Crippen LogP contribution in [0.3, 0.4) is 0 Å². The van der Waals surface area contributed by atoms with Gasteiger partial charge in [0, 0.05) is 11.6 Å². The van der Waals surface area contributed by atoms with Crippen LogP contribution in [0.1, 0.15) is 21.1 Å². The molecule has 1 N–H and O–H groups in total. The fourth-order valence-electron chi connectivity index (χ4n) is 2.27. The number of carbonyl (C=O) groups is 1. The Kier molecular flexibility index (Phi) is 2.93. The molecule has 0 saturated carbocycles. The molecule has 0 saturated heterocycles. The Hall–Kier alpha value is -2.67. The highest BCUT2D eigenvalue weighted by Gasteiger charge is 2.23. The van der Waals surface area contributed by atoms with E-state index in [1.54, 1.807) is 13.0 Å². The minimum atomic E-state index is -0.360. The Morgan fingerprint density at radius 1 is 1.36 bits per heavy atom. The number of nitrogens with one attached hydrogen (secondary N) is 1. The molecule has 0 atom stereocenters. The van der Waals surface area contributed by atoms with Gasteiger partial charge in [-0.25, -0.2) is 4.98 Å². The normalized spacial score (nSPS) is 12.2. The summed E-state index contributed by atoms with van der Waals surface area (Å²) >= 11 is 1.40. The fourth-order valence-corrected chi connectivity index (χ4v) is 3.16. The van der Waals surface area contributed by atoms with Gasteiger partial charge in [-0.3, -0.25) is 10.1 Å². The summed E-state index contributed by atoms with van der Waals surface area (Å²) in [4.78, 5) is 17.6. The molecule has 1 amide bonds. The molecule has 2 aromatic heterocycles. The van der Waals surface area contributed by atoms with Gasteiger partial charge in [-0.05, 0) is 19.1 Å². The monoisotopic (exact) mass is 313 g/mol. The van der Waals surface area contributed by atoms with Crippen molar-refractivity contribution in [3.63, 3.8) is 0 Å². The van der Waals surface area contributed by atoms with Gasteiger partial charge in [0.05, 0.1) is 16.3 Å². The number of fused-ring (bicyclic) bond motifs is 3. The predicted molar refractivity (Wildman–Crippen MR) is 81.1 cm³/mol. The van der Waals surface area contributed by atoms with Gasteiger partial charge in [-0.2, -0.15) is 0 Å². The van der Waals surface area contributed by atoms with Crippen molar-refractivity contribution in [2.24, 2.45) is 0 Å². The molecule has 0 fully saturated rings. The van der Waals surface area contributed by atoms with Crippen molar-refractivity contribution in [1.82, 2.24) is 10.1 Å². The number of anilines is 1. The van der Waals surface area contributed by atoms with Gasteiger partial charge >= 0.3 is 0 Å². The molecule has 7 heteroatoms. The molecular formula is C15H11N3O3S. The van der Waals surface area contributed by atoms with Crippen LogP contribution in [0.15, 0.2) is 34.9 Å². The first-order valence-corrected chi connectivity index (χ1v) is 7.49. The maximum Gasteiger partial charge on any atom is 0.296 e. The maximum atomic E-state index is 12.1. The van der Waals surface area contributed by atoms with Crippen molar-refractivity contribution < 1.29 is 14.1 Å². The number of carbonyl (C=O) groups excluding carboxylic acids is 1. The standard InChI is InChI=1S/C15H11N3O3S/c1-8-6-11(21-18-8)14(19)17-15-16-13-9-4-2-3-5-10(9)20-7-12(13)22-15/h2-6H,7H2,1H3,(H,16,17,19). The summed E-state index contributed by atoms with van der Waals surface area (Å²) in [7, 11) is 0. The fraction of sp³-hybridized carbons (Fsp3) is 0.133. The molecular weight excluding hydrogens is 302 g/mol. The third-order valence-electron chi connectivity index (χ3n) is 3.27. The molecule has 0 aliphatic carbocycles. The minimum Gasteiger partial charge on any atom is -0.487 e. The Bertz CT molecular complexity index is 869. The predicted octanol–water partition coefficient (Wildman–Crippen LogP) is 3.25. The minimum absolute atomic E-state index is 0.169. The van der Waals surface area contributed by atoms with Crippen LogP contribution in [0, 0.1) is 6.92 Å². The van der Waals surface area contributed by atoms with Crippen LogP contribution in [0.2, 0.25) is 0 Å². The zero-order chi connectivity index (χ0) is 15.1. The summed E-state index contributed by atoms with van der Waals surface area (Å²) < 4.78 is 10.6. The van der Waals surface area contributed by atoms with Gasteiger partial charge in [0.1, 0.15) is 12.4 Å². The number of nitrogens with zero attached hydrogens (tertiary/aromatic N) is 2. The van der Waals surface area contributed by atoms with E-state index < -0.39 is 0 Å². The van der Waals surface area contributed by atoms with E-state index in [-0.39, 0.29) is 11.7 Å². The van der Waals surface area contributed by atoms with E-state index in [1.807, 2.05) is 24.3 Å². The second kappa shape index (κ2) is 4.96. The molecule has 3 heterocycles. The van der Waals surface area contributed by atoms with Crippen molar-refractivity contribution in [3.8, 4) is 17.0 Å². The van der Waals surface area contributed by atoms with Crippen LogP contribution < -0.4 is 10.1 Å². The molecule has 0 radical (unpaired) electrons. The van der Waals surface area contributed by atoms with E-state index in [0.717, 1.165) is 21.9 Å². The molecule has 6 nitrogen and oxygen atoms in total. The van der Waals surface area contributed by atoms with E-state index in [1.165, 1.54) is 11.3 Å². The van der Waals surface area contributed by atoms with Gasteiger partial charge in [0.25, 0.3) is 5.91 Å². The number of amides is 1. The number of thiazole rings is 1. The van der Waals surface area contributed by atoms with E-state index >= 15 is 0 Å². The maximum absolute atomic E-state index is 12.1. The summed E-state index contributed by atoms with van der Waals surface area (Å²) in [6.07, 6.45) is 0. The highest BCUT2D eigenvalue weighted by atomic mass is 32.1. The van der Waals surface area contributed by atoms with E-state index in [9.17, 15) is 4.79 Å². The van der Waals surface area contributed by atoms with Gasteiger partial charge in [-0.1, -0.05) is 28.6 Å². The summed E-state index contributed by atoms with van der Waals surface area (Å²) in [5, 5.41) is 6.96. The molecule has 1 aromatic carbocycles. The van der Waals surface area contributed by atoms with Crippen LogP contribution in [-0.4, -0.2) is 16.0 Å². The summed E-state index contributed by atoms with van der Waals surface area (Å²) in [6.45, 7) is 2.22. The highest BCUT2D eigenvalue weighted by molar-refractivity contribution is 7.16. The largest absolute Gasteiger partial charge is 0.487 e. The summed E-state index contributed by atoms with van der Waals surface area (Å²) in [5.74, 6) is 0.618. The van der Waals surface area contributed by atoms with E-state index in [4.69, 9.17) is 9.26 Å². The lowest BCUT2D eigenvalue weighted by Gasteiger charge is -2.15. The van der Waals surface area contributed by atoms with Gasteiger partial charge < -0.3 is 9.26 Å². The topological polar surface area (TPSA) is 77.2 Å². The highest BCUT2D eigenvalue weighted by Crippen LogP contribution is 2.40. The van der Waals surface area contributed by atoms with Gasteiger partial charge in [-0.15, -0.1) is 0 Å². The lowest BCUT2D eigenvalue weighted by molar-refractivity contribution is 0.0988. The molecule has 0 spiro atoms. The lowest BCUT2D eigenvalue weighted by Crippen LogP contribution is -2.10. The zero-order valence-electron chi connectivity index (χ0n) is 11.6. The molecule has 0 unspecified atom stereocenters. The molecule has 1 aliphatic heterocycles. The lowest BCUT2D eigenvalue weighted by atomic mass is 10.1. The number of hydrogen-bond acceptors (Lipinski definition) is 6. The van der Waals surface area contributed by atoms with Crippen molar-refractivity contribution in [3.05, 3.63) is 46.7 Å². The Balaban J connectivity index is 1.64. The molecule has 110 valence electrons. The summed E-state index contributed by atoms with van der Waals surface area (Å²) in [5.41, 5.74) is 2.46. The first-order chi connectivity index (χ1) is 10.7. The van der Waals surface area contributed by atoms with Crippen molar-refractivity contribution in [2.45, 2.75) is 13.5 Å². The van der Waals surface area contributed by atoms with E-state index in [2.05, 4.69) is 15.5 Å².